The summed E-state index contributed by atoms with van der Waals surface area (Å²) in [5.41, 5.74) is 0.777. The summed E-state index contributed by atoms with van der Waals surface area (Å²) in [7, 11) is -3.59. The third-order valence-corrected chi connectivity index (χ3v) is 7.06. The molecule has 1 N–H and O–H groups in total. The van der Waals surface area contributed by atoms with Gasteiger partial charge in [-0.3, -0.25) is 9.36 Å². The predicted molar refractivity (Wildman–Crippen MR) is 104 cm³/mol. The zero-order chi connectivity index (χ0) is 18.7. The first kappa shape index (κ1) is 19.5. The van der Waals surface area contributed by atoms with Gasteiger partial charge in [0.25, 0.3) is 0 Å². The standard InChI is InChI=1S/C18H26N2O4S2/c1-13(2)20-16-9-8-15(12-17(16)25-18(20)21)26(22,23)19-10-5-11-24-14-6-3-4-7-14/h8-9,12-14,19H,3-7,10-11H2,1-2H3. The molecule has 1 aromatic heterocycles. The molecule has 0 saturated heterocycles. The lowest BCUT2D eigenvalue weighted by Gasteiger charge is -2.11. The van der Waals surface area contributed by atoms with Crippen LogP contribution in [0.5, 0.6) is 0 Å². The van der Waals surface area contributed by atoms with Gasteiger partial charge in [-0.15, -0.1) is 0 Å². The molecule has 0 unspecified atom stereocenters. The summed E-state index contributed by atoms with van der Waals surface area (Å²) in [4.78, 5) is 12.2. The SMILES string of the molecule is CC(C)n1c(=O)sc2cc(S(=O)(=O)NCCCOC3CCCC3)ccc21. The third-order valence-electron chi connectivity index (χ3n) is 4.68. The number of nitrogens with zero attached hydrogens (tertiary/aromatic N) is 1. The van der Waals surface area contributed by atoms with Crippen molar-refractivity contribution in [3.63, 3.8) is 0 Å². The average molecular weight is 399 g/mol. The largest absolute Gasteiger partial charge is 0.378 e. The van der Waals surface area contributed by atoms with Gasteiger partial charge >= 0.3 is 4.87 Å². The third kappa shape index (κ3) is 4.36. The zero-order valence-corrected chi connectivity index (χ0v) is 16.9. The molecule has 0 bridgehead atoms. The van der Waals surface area contributed by atoms with Crippen molar-refractivity contribution >= 4 is 31.6 Å². The van der Waals surface area contributed by atoms with Gasteiger partial charge in [0, 0.05) is 19.2 Å². The number of sulfonamides is 1. The number of hydrogen-bond acceptors (Lipinski definition) is 5. The van der Waals surface area contributed by atoms with E-state index < -0.39 is 10.0 Å². The molecule has 1 saturated carbocycles. The molecule has 1 heterocycles. The number of thiazole rings is 1. The number of aromatic nitrogens is 1. The number of fused-ring (bicyclic) bond motifs is 1. The molecule has 1 aromatic carbocycles. The molecular weight excluding hydrogens is 372 g/mol. The van der Waals surface area contributed by atoms with Gasteiger partial charge in [-0.05, 0) is 51.3 Å². The van der Waals surface area contributed by atoms with Crippen molar-refractivity contribution in [3.8, 4) is 0 Å². The minimum Gasteiger partial charge on any atom is -0.378 e. The Kier molecular flexibility index (Phi) is 6.17. The van der Waals surface area contributed by atoms with Crippen molar-refractivity contribution in [2.24, 2.45) is 0 Å². The van der Waals surface area contributed by atoms with E-state index in [1.807, 2.05) is 13.8 Å². The maximum atomic E-state index is 12.5. The predicted octanol–water partition coefficient (Wildman–Crippen LogP) is 3.27. The number of rotatable bonds is 8. The van der Waals surface area contributed by atoms with Crippen LogP contribution in [0.4, 0.5) is 0 Å². The van der Waals surface area contributed by atoms with Crippen LogP contribution in [0, 0.1) is 0 Å². The van der Waals surface area contributed by atoms with Crippen LogP contribution in [0.3, 0.4) is 0 Å². The van der Waals surface area contributed by atoms with E-state index in [-0.39, 0.29) is 15.8 Å². The first-order chi connectivity index (χ1) is 12.4. The van der Waals surface area contributed by atoms with Crippen LogP contribution in [0.2, 0.25) is 0 Å². The molecule has 6 nitrogen and oxygen atoms in total. The van der Waals surface area contributed by atoms with Gasteiger partial charge in [0.05, 0.1) is 21.2 Å². The highest BCUT2D eigenvalue weighted by atomic mass is 32.2. The van der Waals surface area contributed by atoms with Gasteiger partial charge in [-0.1, -0.05) is 24.2 Å². The van der Waals surface area contributed by atoms with E-state index in [2.05, 4.69) is 4.72 Å². The lowest BCUT2D eigenvalue weighted by Crippen LogP contribution is -2.26. The maximum absolute atomic E-state index is 12.5. The Morgan fingerprint density at radius 1 is 1.31 bits per heavy atom. The summed E-state index contributed by atoms with van der Waals surface area (Å²) >= 11 is 1.08. The highest BCUT2D eigenvalue weighted by Gasteiger charge is 2.18. The Balaban J connectivity index is 1.62. The normalized spacial score (nSPS) is 16.1. The van der Waals surface area contributed by atoms with Crippen LogP contribution in [0.1, 0.15) is 52.0 Å². The molecule has 144 valence electrons. The number of ether oxygens (including phenoxy) is 1. The summed E-state index contributed by atoms with van der Waals surface area (Å²) in [5, 5.41) is 0. The summed E-state index contributed by atoms with van der Waals surface area (Å²) in [5.74, 6) is 0. The second-order valence-corrected chi connectivity index (χ2v) is 9.75. The first-order valence-corrected chi connectivity index (χ1v) is 11.4. The fourth-order valence-corrected chi connectivity index (χ4v) is 5.57. The van der Waals surface area contributed by atoms with Crippen molar-refractivity contribution in [1.29, 1.82) is 0 Å². The van der Waals surface area contributed by atoms with Crippen LogP contribution in [-0.2, 0) is 14.8 Å². The number of hydrogen-bond donors (Lipinski definition) is 1. The molecule has 0 amide bonds. The average Bonchev–Trinajstić information content (AvgIpc) is 3.19. The quantitative estimate of drug-likeness (QED) is 0.692. The minimum atomic E-state index is -3.59. The van der Waals surface area contributed by atoms with E-state index in [9.17, 15) is 13.2 Å². The van der Waals surface area contributed by atoms with Crippen molar-refractivity contribution < 1.29 is 13.2 Å². The van der Waals surface area contributed by atoms with Crippen LogP contribution >= 0.6 is 11.3 Å². The van der Waals surface area contributed by atoms with Gasteiger partial charge in [-0.25, -0.2) is 13.1 Å². The second-order valence-electron chi connectivity index (χ2n) is 6.99. The maximum Gasteiger partial charge on any atom is 0.308 e. The molecule has 0 aliphatic heterocycles. The number of benzene rings is 1. The van der Waals surface area contributed by atoms with Crippen molar-refractivity contribution in [2.75, 3.05) is 13.2 Å². The van der Waals surface area contributed by atoms with Gasteiger partial charge in [0.15, 0.2) is 0 Å². The van der Waals surface area contributed by atoms with Crippen LogP contribution in [-0.4, -0.2) is 32.2 Å². The molecule has 3 rings (SSSR count). The first-order valence-electron chi connectivity index (χ1n) is 9.15. The van der Waals surface area contributed by atoms with Crippen LogP contribution < -0.4 is 9.60 Å². The summed E-state index contributed by atoms with van der Waals surface area (Å²) in [6.45, 7) is 4.79. The fourth-order valence-electron chi connectivity index (χ4n) is 3.34. The molecule has 0 radical (unpaired) electrons. The van der Waals surface area contributed by atoms with E-state index in [1.165, 1.54) is 12.8 Å². The second kappa shape index (κ2) is 8.21. The lowest BCUT2D eigenvalue weighted by molar-refractivity contribution is 0.0575. The van der Waals surface area contributed by atoms with Gasteiger partial charge < -0.3 is 4.74 Å². The summed E-state index contributed by atoms with van der Waals surface area (Å²) in [6, 6.07) is 4.89. The molecule has 2 aromatic rings. The molecular formula is C18H26N2O4S2. The van der Waals surface area contributed by atoms with Gasteiger partial charge in [-0.2, -0.15) is 0 Å². The Morgan fingerprint density at radius 3 is 2.73 bits per heavy atom. The van der Waals surface area contributed by atoms with Crippen molar-refractivity contribution in [2.45, 2.75) is 63.0 Å². The zero-order valence-electron chi connectivity index (χ0n) is 15.2. The van der Waals surface area contributed by atoms with Crippen molar-refractivity contribution in [3.05, 3.63) is 27.9 Å². The highest BCUT2D eigenvalue weighted by molar-refractivity contribution is 7.89. The van der Waals surface area contributed by atoms with E-state index >= 15 is 0 Å². The molecule has 0 atom stereocenters. The van der Waals surface area contributed by atoms with E-state index in [1.54, 1.807) is 22.8 Å². The highest BCUT2D eigenvalue weighted by Crippen LogP contribution is 2.24. The summed E-state index contributed by atoms with van der Waals surface area (Å²) in [6.07, 6.45) is 5.68. The minimum absolute atomic E-state index is 0.0386. The van der Waals surface area contributed by atoms with E-state index in [0.717, 1.165) is 29.7 Å². The lowest BCUT2D eigenvalue weighted by atomic mass is 10.3. The van der Waals surface area contributed by atoms with Gasteiger partial charge in [0.1, 0.15) is 0 Å². The van der Waals surface area contributed by atoms with Crippen LogP contribution in [0.25, 0.3) is 10.2 Å². The Labute approximate surface area is 158 Å². The Hall–Kier alpha value is -1.22. The topological polar surface area (TPSA) is 77.4 Å². The summed E-state index contributed by atoms with van der Waals surface area (Å²) < 4.78 is 35.7. The van der Waals surface area contributed by atoms with E-state index in [0.29, 0.717) is 30.4 Å². The molecule has 1 aliphatic carbocycles. The Morgan fingerprint density at radius 2 is 2.04 bits per heavy atom. The monoisotopic (exact) mass is 398 g/mol. The van der Waals surface area contributed by atoms with E-state index in [4.69, 9.17) is 4.74 Å². The molecule has 26 heavy (non-hydrogen) atoms. The van der Waals surface area contributed by atoms with Gasteiger partial charge in [0.2, 0.25) is 10.0 Å². The van der Waals surface area contributed by atoms with Crippen LogP contribution in [0.15, 0.2) is 27.9 Å². The smallest absolute Gasteiger partial charge is 0.308 e. The number of nitrogens with one attached hydrogen (secondary N) is 1. The molecule has 1 fully saturated rings. The molecule has 0 spiro atoms. The molecule has 8 heteroatoms. The Bertz CT molecular complexity index is 909. The van der Waals surface area contributed by atoms with Crippen molar-refractivity contribution in [1.82, 2.24) is 9.29 Å². The molecule has 1 aliphatic rings. The fraction of sp³-hybridized carbons (Fsp3) is 0.611.